The van der Waals surface area contributed by atoms with E-state index in [2.05, 4.69) is 25.1 Å². The van der Waals surface area contributed by atoms with E-state index in [9.17, 15) is 0 Å². The minimum Gasteiger partial charge on any atom is -0.0584 e. The Morgan fingerprint density at radius 1 is 1.33 bits per heavy atom. The third kappa shape index (κ3) is 1.88. The Morgan fingerprint density at radius 3 is 2.56 bits per heavy atom. The van der Waals surface area contributed by atoms with Crippen LogP contribution in [-0.2, 0) is 6.42 Å². The van der Waals surface area contributed by atoms with Crippen LogP contribution in [0.15, 0.2) is 24.3 Å². The number of benzene rings is 1. The lowest BCUT2D eigenvalue weighted by Crippen LogP contribution is -1.79. The van der Waals surface area contributed by atoms with Gasteiger partial charge in [0.2, 0.25) is 0 Å². The molecule has 0 bridgehead atoms. The number of rotatable bonds is 2. The Morgan fingerprint density at radius 2 is 2.00 bits per heavy atom. The smallest absolute Gasteiger partial charge is 0.0184 e. The van der Waals surface area contributed by atoms with Gasteiger partial charge >= 0.3 is 0 Å². The Bertz CT molecular complexity index is 153. The molecule has 0 fully saturated rings. The molecule has 0 aliphatic rings. The zero-order valence-electron chi connectivity index (χ0n) is 5.43. The van der Waals surface area contributed by atoms with Crippen LogP contribution >= 0.6 is 0 Å². The van der Waals surface area contributed by atoms with E-state index in [0.29, 0.717) is 0 Å². The fourth-order valence-electron chi connectivity index (χ4n) is 0.792. The van der Waals surface area contributed by atoms with Gasteiger partial charge in [0.25, 0.3) is 0 Å². The second kappa shape index (κ2) is 3.29. The summed E-state index contributed by atoms with van der Waals surface area (Å²) in [5.41, 5.74) is 1.35. The molecule has 0 heterocycles. The van der Waals surface area contributed by atoms with Crippen LogP contribution in [0.2, 0.25) is 0 Å². The van der Waals surface area contributed by atoms with Crippen molar-refractivity contribution in [3.63, 3.8) is 0 Å². The first-order chi connectivity index (χ1) is 4.43. The van der Waals surface area contributed by atoms with E-state index < -0.39 is 0 Å². The minimum absolute atomic E-state index is 0.976. The Kier molecular flexibility index (Phi) is 2.32. The predicted octanol–water partition coefficient (Wildman–Crippen LogP) is 2.25. The highest BCUT2D eigenvalue weighted by Gasteiger charge is 1.84. The number of hydrogen-bond donors (Lipinski definition) is 0. The second-order valence-corrected chi connectivity index (χ2v) is 2.01. The molecule has 1 aromatic carbocycles. The summed E-state index contributed by atoms with van der Waals surface area (Å²) in [5.74, 6) is 0. The molecule has 0 N–H and O–H groups in total. The van der Waals surface area contributed by atoms with Crippen LogP contribution in [0.1, 0.15) is 12.0 Å². The van der Waals surface area contributed by atoms with Crippen LogP contribution in [0.3, 0.4) is 0 Å². The van der Waals surface area contributed by atoms with Gasteiger partial charge in [-0.1, -0.05) is 31.2 Å². The lowest BCUT2D eigenvalue weighted by Gasteiger charge is -1.93. The molecule has 0 amide bonds. The highest BCUT2D eigenvalue weighted by atomic mass is 13.9. The molecule has 0 heteroatoms. The molecule has 2 radical (unpaired) electrons. The molecule has 9 heavy (non-hydrogen) atoms. The molecule has 0 saturated carbocycles. The SMILES string of the molecule is [CH2]CCc1cc[c]cc1. The van der Waals surface area contributed by atoms with Crippen LogP contribution in [0.25, 0.3) is 0 Å². The summed E-state index contributed by atoms with van der Waals surface area (Å²) in [5, 5.41) is 0. The first-order valence-corrected chi connectivity index (χ1v) is 3.17. The fraction of sp³-hybridized carbons (Fsp3) is 0.222. The third-order valence-corrected chi connectivity index (χ3v) is 1.25. The van der Waals surface area contributed by atoms with Crippen LogP contribution < -0.4 is 0 Å². The quantitative estimate of drug-likeness (QED) is 0.558. The molecule has 0 aromatic heterocycles. The molecule has 0 spiro atoms. The van der Waals surface area contributed by atoms with Crippen LogP contribution in [-0.4, -0.2) is 0 Å². The van der Waals surface area contributed by atoms with E-state index in [-0.39, 0.29) is 0 Å². The molecule has 1 rings (SSSR count). The zero-order chi connectivity index (χ0) is 6.53. The van der Waals surface area contributed by atoms with Crippen molar-refractivity contribution in [2.45, 2.75) is 12.8 Å². The van der Waals surface area contributed by atoms with Gasteiger partial charge in [0.05, 0.1) is 0 Å². The average molecular weight is 118 g/mol. The van der Waals surface area contributed by atoms with Gasteiger partial charge in [0, 0.05) is 0 Å². The molecule has 0 aliphatic heterocycles. The lowest BCUT2D eigenvalue weighted by molar-refractivity contribution is 0.999. The van der Waals surface area contributed by atoms with E-state index in [0.717, 1.165) is 12.8 Å². The highest BCUT2D eigenvalue weighted by Crippen LogP contribution is 1.99. The predicted molar refractivity (Wildman–Crippen MR) is 39.0 cm³/mol. The van der Waals surface area contributed by atoms with Crippen molar-refractivity contribution in [3.8, 4) is 0 Å². The summed E-state index contributed by atoms with van der Waals surface area (Å²) in [4.78, 5) is 0. The van der Waals surface area contributed by atoms with Gasteiger partial charge in [-0.3, -0.25) is 0 Å². The van der Waals surface area contributed by atoms with Crippen molar-refractivity contribution in [2.24, 2.45) is 0 Å². The van der Waals surface area contributed by atoms with Crippen molar-refractivity contribution >= 4 is 0 Å². The molecule has 0 atom stereocenters. The lowest BCUT2D eigenvalue weighted by atomic mass is 10.1. The van der Waals surface area contributed by atoms with Crippen LogP contribution in [0.5, 0.6) is 0 Å². The highest BCUT2D eigenvalue weighted by molar-refractivity contribution is 5.13. The maximum absolute atomic E-state index is 3.77. The van der Waals surface area contributed by atoms with Crippen LogP contribution in [0.4, 0.5) is 0 Å². The fourth-order valence-corrected chi connectivity index (χ4v) is 0.792. The monoisotopic (exact) mass is 118 g/mol. The first kappa shape index (κ1) is 6.34. The molecular formula is C9H10. The Balaban J connectivity index is 2.61. The molecule has 0 saturated heterocycles. The summed E-state index contributed by atoms with van der Waals surface area (Å²) < 4.78 is 0. The van der Waals surface area contributed by atoms with E-state index in [4.69, 9.17) is 0 Å². The first-order valence-electron chi connectivity index (χ1n) is 3.17. The Hall–Kier alpha value is -0.780. The van der Waals surface area contributed by atoms with E-state index in [1.165, 1.54) is 5.56 Å². The maximum Gasteiger partial charge on any atom is -0.0184 e. The number of hydrogen-bond acceptors (Lipinski definition) is 0. The van der Waals surface area contributed by atoms with Gasteiger partial charge in [0.15, 0.2) is 0 Å². The molecule has 0 nitrogen and oxygen atoms in total. The van der Waals surface area contributed by atoms with Gasteiger partial charge in [-0.2, -0.15) is 0 Å². The van der Waals surface area contributed by atoms with Crippen molar-refractivity contribution in [2.75, 3.05) is 0 Å². The molecule has 46 valence electrons. The summed E-state index contributed by atoms with van der Waals surface area (Å²) in [6.45, 7) is 3.77. The summed E-state index contributed by atoms with van der Waals surface area (Å²) >= 11 is 0. The zero-order valence-corrected chi connectivity index (χ0v) is 5.43. The molecule has 1 aromatic rings. The van der Waals surface area contributed by atoms with Gasteiger partial charge in [-0.25, -0.2) is 0 Å². The van der Waals surface area contributed by atoms with E-state index >= 15 is 0 Å². The standard InChI is InChI=1S/C9H10/c1-2-6-9-7-4-3-5-8-9/h4-5,7-8H,1-2,6H2. The number of aryl methyl sites for hydroxylation is 1. The summed E-state index contributed by atoms with van der Waals surface area (Å²) in [6.07, 6.45) is 2.05. The van der Waals surface area contributed by atoms with E-state index in [1.54, 1.807) is 0 Å². The van der Waals surface area contributed by atoms with E-state index in [1.807, 2.05) is 12.1 Å². The maximum atomic E-state index is 3.77. The summed E-state index contributed by atoms with van der Waals surface area (Å²) in [7, 11) is 0. The largest absolute Gasteiger partial charge is 0.0584 e. The Labute approximate surface area is 56.5 Å². The molecule has 0 unspecified atom stereocenters. The normalized spacial score (nSPS) is 9.44. The molecule has 0 aliphatic carbocycles. The van der Waals surface area contributed by atoms with Gasteiger partial charge in [0.1, 0.15) is 0 Å². The van der Waals surface area contributed by atoms with Crippen molar-refractivity contribution in [3.05, 3.63) is 42.8 Å². The average Bonchev–Trinajstić information content (AvgIpc) is 1.91. The minimum atomic E-state index is 0.976. The van der Waals surface area contributed by atoms with Crippen molar-refractivity contribution in [1.29, 1.82) is 0 Å². The van der Waals surface area contributed by atoms with Crippen LogP contribution in [0, 0.1) is 13.0 Å². The second-order valence-electron chi connectivity index (χ2n) is 2.01. The van der Waals surface area contributed by atoms with Gasteiger partial charge < -0.3 is 0 Å². The third-order valence-electron chi connectivity index (χ3n) is 1.25. The van der Waals surface area contributed by atoms with Crippen molar-refractivity contribution < 1.29 is 0 Å². The summed E-state index contributed by atoms with van der Waals surface area (Å²) in [6, 6.07) is 11.0. The van der Waals surface area contributed by atoms with Gasteiger partial charge in [-0.15, -0.1) is 0 Å². The van der Waals surface area contributed by atoms with Gasteiger partial charge in [-0.05, 0) is 24.5 Å². The van der Waals surface area contributed by atoms with Crippen molar-refractivity contribution in [1.82, 2.24) is 0 Å². The topological polar surface area (TPSA) is 0 Å². The molecular weight excluding hydrogens is 108 g/mol.